The normalized spacial score (nSPS) is 14.8. The van der Waals surface area contributed by atoms with Crippen molar-refractivity contribution in [1.82, 2.24) is 19.4 Å². The minimum atomic E-state index is -0.978. The van der Waals surface area contributed by atoms with Crippen LogP contribution in [0.5, 0.6) is 0 Å². The van der Waals surface area contributed by atoms with Gasteiger partial charge in [0, 0.05) is 43.4 Å². The molecule has 0 atom stereocenters. The lowest BCUT2D eigenvalue weighted by Crippen LogP contribution is -2.37. The third-order valence-electron chi connectivity index (χ3n) is 4.09. The van der Waals surface area contributed by atoms with Crippen LogP contribution in [0.2, 0.25) is 0 Å². The Labute approximate surface area is 142 Å². The highest BCUT2D eigenvalue weighted by Gasteiger charge is 2.19. The Bertz CT molecular complexity index is 931. The molecule has 0 spiro atoms. The smallest absolute Gasteiger partial charge is 0.337 e. The topological polar surface area (TPSA) is 119 Å². The molecule has 0 radical (unpaired) electrons. The third-order valence-corrected chi connectivity index (χ3v) is 4.09. The Hall–Kier alpha value is -3.20. The van der Waals surface area contributed by atoms with Gasteiger partial charge in [0.1, 0.15) is 0 Å². The SMILES string of the molecule is Nc1ncc(-c2cn3cc(C(=O)O)cc3c(N3CCOCC3)n2)cn1. The van der Waals surface area contributed by atoms with Gasteiger partial charge in [0.15, 0.2) is 5.82 Å². The van der Waals surface area contributed by atoms with E-state index in [0.717, 1.165) is 5.52 Å². The monoisotopic (exact) mass is 340 g/mol. The molecule has 0 aromatic carbocycles. The zero-order valence-corrected chi connectivity index (χ0v) is 13.3. The van der Waals surface area contributed by atoms with E-state index >= 15 is 0 Å². The highest BCUT2D eigenvalue weighted by atomic mass is 16.5. The second-order valence-corrected chi connectivity index (χ2v) is 5.71. The molecule has 4 rings (SSSR count). The van der Waals surface area contributed by atoms with Crippen LogP contribution in [-0.2, 0) is 4.74 Å². The van der Waals surface area contributed by atoms with Crippen molar-refractivity contribution in [2.24, 2.45) is 0 Å². The molecule has 25 heavy (non-hydrogen) atoms. The van der Waals surface area contributed by atoms with Gasteiger partial charge in [0.25, 0.3) is 0 Å². The number of nitrogens with two attached hydrogens (primary N) is 1. The molecule has 0 bridgehead atoms. The maximum absolute atomic E-state index is 11.3. The van der Waals surface area contributed by atoms with Gasteiger partial charge in [-0.25, -0.2) is 19.7 Å². The molecule has 3 aromatic rings. The molecule has 0 saturated carbocycles. The Morgan fingerprint density at radius 3 is 2.60 bits per heavy atom. The van der Waals surface area contributed by atoms with Crippen LogP contribution in [0.4, 0.5) is 11.8 Å². The summed E-state index contributed by atoms with van der Waals surface area (Å²) >= 11 is 0. The molecule has 3 N–H and O–H groups in total. The van der Waals surface area contributed by atoms with Crippen LogP contribution in [0.15, 0.2) is 30.9 Å². The largest absolute Gasteiger partial charge is 0.478 e. The summed E-state index contributed by atoms with van der Waals surface area (Å²) in [6.07, 6.45) is 6.54. The van der Waals surface area contributed by atoms with Gasteiger partial charge in [0.2, 0.25) is 5.95 Å². The van der Waals surface area contributed by atoms with E-state index in [0.29, 0.717) is 43.4 Å². The minimum absolute atomic E-state index is 0.187. The molecular formula is C16H16N6O3. The molecule has 9 nitrogen and oxygen atoms in total. The highest BCUT2D eigenvalue weighted by molar-refractivity contribution is 5.91. The van der Waals surface area contributed by atoms with Crippen LogP contribution in [0.25, 0.3) is 16.8 Å². The van der Waals surface area contributed by atoms with Crippen LogP contribution in [0.3, 0.4) is 0 Å². The summed E-state index contributed by atoms with van der Waals surface area (Å²) < 4.78 is 7.17. The first kappa shape index (κ1) is 15.3. The number of aromatic carboxylic acids is 1. The first-order chi connectivity index (χ1) is 12.1. The fourth-order valence-corrected chi connectivity index (χ4v) is 2.83. The molecule has 1 fully saturated rings. The first-order valence-corrected chi connectivity index (χ1v) is 7.78. The predicted molar refractivity (Wildman–Crippen MR) is 90.6 cm³/mol. The number of carbonyl (C=O) groups is 1. The number of anilines is 2. The Morgan fingerprint density at radius 2 is 1.92 bits per heavy atom. The second-order valence-electron chi connectivity index (χ2n) is 5.71. The molecule has 9 heteroatoms. The van der Waals surface area contributed by atoms with Crippen LogP contribution >= 0.6 is 0 Å². The molecule has 1 aliphatic rings. The molecule has 1 saturated heterocycles. The van der Waals surface area contributed by atoms with Crippen LogP contribution in [-0.4, -0.2) is 56.7 Å². The van der Waals surface area contributed by atoms with E-state index in [1.165, 1.54) is 0 Å². The van der Waals surface area contributed by atoms with Gasteiger partial charge in [-0.15, -0.1) is 0 Å². The number of carboxylic acids is 1. The van der Waals surface area contributed by atoms with Gasteiger partial charge >= 0.3 is 5.97 Å². The van der Waals surface area contributed by atoms with Crippen molar-refractivity contribution >= 4 is 23.3 Å². The Balaban J connectivity index is 1.89. The standard InChI is InChI=1S/C16H16N6O3/c17-16-18-6-11(7-19-16)12-9-22-8-10(15(23)24)5-13(22)14(20-12)21-1-3-25-4-2-21/h5-9H,1-4H2,(H,23,24)(H2,17,18,19). The van der Waals surface area contributed by atoms with E-state index < -0.39 is 5.97 Å². The zero-order valence-electron chi connectivity index (χ0n) is 13.3. The molecule has 4 heterocycles. The van der Waals surface area contributed by atoms with Crippen LogP contribution < -0.4 is 10.6 Å². The molecule has 128 valence electrons. The number of hydrogen-bond donors (Lipinski definition) is 2. The van der Waals surface area contributed by atoms with Gasteiger partial charge in [0.05, 0.1) is 30.0 Å². The van der Waals surface area contributed by atoms with Crippen molar-refractivity contribution in [3.05, 3.63) is 36.4 Å². The number of rotatable bonds is 3. The second kappa shape index (κ2) is 6.02. The molecule has 0 unspecified atom stereocenters. The number of hydrogen-bond acceptors (Lipinski definition) is 7. The van der Waals surface area contributed by atoms with Crippen molar-refractivity contribution < 1.29 is 14.6 Å². The summed E-state index contributed by atoms with van der Waals surface area (Å²) in [5.41, 5.74) is 7.83. The quantitative estimate of drug-likeness (QED) is 0.722. The van der Waals surface area contributed by atoms with Gasteiger partial charge < -0.3 is 24.9 Å². The predicted octanol–water partition coefficient (Wildman–Crippen LogP) is 0.908. The van der Waals surface area contributed by atoms with Gasteiger partial charge in [-0.1, -0.05) is 0 Å². The lowest BCUT2D eigenvalue weighted by atomic mass is 10.2. The number of fused-ring (bicyclic) bond motifs is 1. The average molecular weight is 340 g/mol. The van der Waals surface area contributed by atoms with E-state index in [9.17, 15) is 9.90 Å². The molecule has 3 aromatic heterocycles. The Morgan fingerprint density at radius 1 is 1.20 bits per heavy atom. The number of aromatic nitrogens is 4. The van der Waals surface area contributed by atoms with Crippen molar-refractivity contribution in [3.63, 3.8) is 0 Å². The van der Waals surface area contributed by atoms with E-state index in [1.807, 2.05) is 0 Å². The van der Waals surface area contributed by atoms with Gasteiger partial charge in [-0.3, -0.25) is 0 Å². The number of ether oxygens (including phenoxy) is 1. The summed E-state index contributed by atoms with van der Waals surface area (Å²) in [6.45, 7) is 2.60. The van der Waals surface area contributed by atoms with Crippen molar-refractivity contribution in [3.8, 4) is 11.3 Å². The lowest BCUT2D eigenvalue weighted by Gasteiger charge is -2.28. The summed E-state index contributed by atoms with van der Waals surface area (Å²) in [6, 6.07) is 1.63. The molecule has 0 amide bonds. The summed E-state index contributed by atoms with van der Waals surface area (Å²) in [4.78, 5) is 26.2. The summed E-state index contributed by atoms with van der Waals surface area (Å²) in [5.74, 6) is -0.0773. The average Bonchev–Trinajstić information content (AvgIpc) is 3.07. The number of carboxylic acid groups (broad SMARTS) is 1. The van der Waals surface area contributed by atoms with Crippen molar-refractivity contribution in [2.75, 3.05) is 36.9 Å². The maximum Gasteiger partial charge on any atom is 0.337 e. The third kappa shape index (κ3) is 2.85. The highest BCUT2D eigenvalue weighted by Crippen LogP contribution is 2.27. The van der Waals surface area contributed by atoms with Crippen molar-refractivity contribution in [2.45, 2.75) is 0 Å². The Kier molecular flexibility index (Phi) is 3.69. The van der Waals surface area contributed by atoms with E-state index in [1.54, 1.807) is 35.3 Å². The molecule has 1 aliphatic heterocycles. The zero-order chi connectivity index (χ0) is 17.4. The van der Waals surface area contributed by atoms with Crippen LogP contribution in [0.1, 0.15) is 10.4 Å². The number of nitrogens with zero attached hydrogens (tertiary/aromatic N) is 5. The van der Waals surface area contributed by atoms with Crippen LogP contribution in [0, 0.1) is 0 Å². The number of morpholine rings is 1. The van der Waals surface area contributed by atoms with Gasteiger partial charge in [-0.2, -0.15) is 0 Å². The lowest BCUT2D eigenvalue weighted by molar-refractivity contribution is 0.0697. The first-order valence-electron chi connectivity index (χ1n) is 7.78. The fourth-order valence-electron chi connectivity index (χ4n) is 2.83. The van der Waals surface area contributed by atoms with E-state index in [2.05, 4.69) is 14.9 Å². The fraction of sp³-hybridized carbons (Fsp3) is 0.250. The van der Waals surface area contributed by atoms with Gasteiger partial charge in [-0.05, 0) is 6.07 Å². The molecule has 0 aliphatic carbocycles. The van der Waals surface area contributed by atoms with Crippen molar-refractivity contribution in [1.29, 1.82) is 0 Å². The summed E-state index contributed by atoms with van der Waals surface area (Å²) in [7, 11) is 0. The number of nitrogen functional groups attached to an aromatic ring is 1. The minimum Gasteiger partial charge on any atom is -0.478 e. The molecular weight excluding hydrogens is 324 g/mol. The van der Waals surface area contributed by atoms with E-state index in [4.69, 9.17) is 15.5 Å². The van der Waals surface area contributed by atoms with E-state index in [-0.39, 0.29) is 11.5 Å². The maximum atomic E-state index is 11.3. The summed E-state index contributed by atoms with van der Waals surface area (Å²) in [5, 5.41) is 9.30.